The van der Waals surface area contributed by atoms with Crippen molar-refractivity contribution in [1.29, 1.82) is 0 Å². The highest BCUT2D eigenvalue weighted by Crippen LogP contribution is 2.20. The van der Waals surface area contributed by atoms with Gasteiger partial charge in [0, 0.05) is 37.3 Å². The second-order valence-corrected chi connectivity index (χ2v) is 7.82. The fraction of sp³-hybridized carbons (Fsp3) is 0.524. The number of nitrogens with one attached hydrogen (secondary N) is 2. The highest BCUT2D eigenvalue weighted by molar-refractivity contribution is 7.80. The predicted molar refractivity (Wildman–Crippen MR) is 116 cm³/mol. The van der Waals surface area contributed by atoms with Crippen molar-refractivity contribution in [3.05, 3.63) is 45.2 Å². The number of fused-ring (bicyclic) bond motifs is 1. The normalized spacial score (nSPS) is 16.5. The van der Waals surface area contributed by atoms with Crippen LogP contribution >= 0.6 is 12.2 Å². The maximum absolute atomic E-state index is 12.7. The highest BCUT2D eigenvalue weighted by Gasteiger charge is 2.18. The molecule has 3 rings (SSSR count). The summed E-state index contributed by atoms with van der Waals surface area (Å²) in [6.45, 7) is 6.57. The lowest BCUT2D eigenvalue weighted by atomic mass is 10.0. The first-order valence-corrected chi connectivity index (χ1v) is 10.3. The molecule has 1 aromatic carbocycles. The molecule has 2 heterocycles. The zero-order valence-corrected chi connectivity index (χ0v) is 17.4. The van der Waals surface area contributed by atoms with E-state index in [-0.39, 0.29) is 18.3 Å². The lowest BCUT2D eigenvalue weighted by Crippen LogP contribution is -2.43. The van der Waals surface area contributed by atoms with Gasteiger partial charge in [0.1, 0.15) is 0 Å². The van der Waals surface area contributed by atoms with Crippen LogP contribution in [0, 0.1) is 13.8 Å². The first kappa shape index (κ1) is 20.8. The van der Waals surface area contributed by atoms with Crippen LogP contribution in [0.2, 0.25) is 0 Å². The number of hydrogen-bond donors (Lipinski definition) is 3. The van der Waals surface area contributed by atoms with E-state index in [2.05, 4.69) is 16.4 Å². The minimum Gasteiger partial charge on any atom is -0.396 e. The molecule has 1 unspecified atom stereocenters. The van der Waals surface area contributed by atoms with Crippen LogP contribution in [0.25, 0.3) is 10.9 Å². The van der Waals surface area contributed by atoms with Crippen LogP contribution in [0.5, 0.6) is 0 Å². The molecule has 7 heteroatoms. The second kappa shape index (κ2) is 9.49. The third-order valence-electron chi connectivity index (χ3n) is 5.26. The number of nitrogens with zero attached hydrogens (tertiary/aromatic N) is 1. The molecule has 0 radical (unpaired) electrons. The first-order chi connectivity index (χ1) is 13.5. The molecule has 1 atom stereocenters. The second-order valence-electron chi connectivity index (χ2n) is 7.43. The quantitative estimate of drug-likeness (QED) is 0.616. The molecule has 1 aliphatic heterocycles. The third kappa shape index (κ3) is 4.90. The van der Waals surface area contributed by atoms with Crippen molar-refractivity contribution in [2.24, 2.45) is 0 Å². The van der Waals surface area contributed by atoms with E-state index < -0.39 is 0 Å². The molecule has 0 spiro atoms. The number of rotatable bonds is 7. The Labute approximate surface area is 170 Å². The number of H-pyrrole nitrogens is 1. The summed E-state index contributed by atoms with van der Waals surface area (Å²) in [4.78, 5) is 17.7. The average Bonchev–Trinajstić information content (AvgIpc) is 3.20. The SMILES string of the molecule is Cc1ccc(C)c2[nH]c(=O)c(CN(CCCO)C(=S)NCC3CCCO3)cc12. The van der Waals surface area contributed by atoms with E-state index in [9.17, 15) is 9.90 Å². The van der Waals surface area contributed by atoms with Gasteiger partial charge in [-0.2, -0.15) is 0 Å². The summed E-state index contributed by atoms with van der Waals surface area (Å²) in [6.07, 6.45) is 2.89. The molecule has 0 amide bonds. The van der Waals surface area contributed by atoms with Gasteiger partial charge in [-0.15, -0.1) is 0 Å². The number of hydrogen-bond acceptors (Lipinski definition) is 4. The van der Waals surface area contributed by atoms with Gasteiger partial charge in [-0.1, -0.05) is 12.1 Å². The van der Waals surface area contributed by atoms with Gasteiger partial charge >= 0.3 is 0 Å². The van der Waals surface area contributed by atoms with Crippen molar-refractivity contribution in [3.63, 3.8) is 0 Å². The van der Waals surface area contributed by atoms with Crippen LogP contribution in [0.4, 0.5) is 0 Å². The molecule has 1 aromatic heterocycles. The highest BCUT2D eigenvalue weighted by atomic mass is 32.1. The largest absolute Gasteiger partial charge is 0.396 e. The molecule has 2 aromatic rings. The number of ether oxygens (including phenoxy) is 1. The number of aromatic nitrogens is 1. The van der Waals surface area contributed by atoms with Gasteiger partial charge in [-0.3, -0.25) is 4.79 Å². The molecule has 1 aliphatic rings. The average molecular weight is 404 g/mol. The van der Waals surface area contributed by atoms with Crippen LogP contribution in [-0.4, -0.2) is 52.5 Å². The molecular formula is C21H29N3O3S. The predicted octanol–water partition coefficient (Wildman–Crippen LogP) is 2.38. The summed E-state index contributed by atoms with van der Waals surface area (Å²) in [5, 5.41) is 14.2. The molecule has 1 saturated heterocycles. The van der Waals surface area contributed by atoms with Crippen molar-refractivity contribution in [2.75, 3.05) is 26.3 Å². The number of aryl methyl sites for hydroxylation is 2. The van der Waals surface area contributed by atoms with E-state index in [4.69, 9.17) is 17.0 Å². The van der Waals surface area contributed by atoms with E-state index in [1.807, 2.05) is 30.9 Å². The lowest BCUT2D eigenvalue weighted by Gasteiger charge is -2.26. The Bertz CT molecular complexity index is 890. The van der Waals surface area contributed by atoms with E-state index >= 15 is 0 Å². The number of benzene rings is 1. The first-order valence-electron chi connectivity index (χ1n) is 9.87. The molecule has 28 heavy (non-hydrogen) atoms. The van der Waals surface area contributed by atoms with E-state index in [1.54, 1.807) is 0 Å². The van der Waals surface area contributed by atoms with E-state index in [1.165, 1.54) is 0 Å². The third-order valence-corrected chi connectivity index (χ3v) is 5.66. The monoisotopic (exact) mass is 403 g/mol. The molecule has 0 aliphatic carbocycles. The summed E-state index contributed by atoms with van der Waals surface area (Å²) in [7, 11) is 0. The van der Waals surface area contributed by atoms with Crippen molar-refractivity contribution in [3.8, 4) is 0 Å². The number of aliphatic hydroxyl groups is 1. The van der Waals surface area contributed by atoms with Gasteiger partial charge in [0.2, 0.25) is 0 Å². The maximum Gasteiger partial charge on any atom is 0.253 e. The maximum atomic E-state index is 12.7. The van der Waals surface area contributed by atoms with Crippen LogP contribution in [-0.2, 0) is 11.3 Å². The zero-order valence-electron chi connectivity index (χ0n) is 16.6. The number of pyridine rings is 1. The number of thiocarbonyl (C=S) groups is 1. The Balaban J connectivity index is 1.79. The van der Waals surface area contributed by atoms with Crippen molar-refractivity contribution in [1.82, 2.24) is 15.2 Å². The van der Waals surface area contributed by atoms with Crippen molar-refractivity contribution in [2.45, 2.75) is 45.8 Å². The Morgan fingerprint density at radius 2 is 2.18 bits per heavy atom. The van der Waals surface area contributed by atoms with Gasteiger partial charge in [-0.25, -0.2) is 0 Å². The summed E-state index contributed by atoms with van der Waals surface area (Å²) in [5.41, 5.74) is 3.63. The van der Waals surface area contributed by atoms with E-state index in [0.29, 0.717) is 36.7 Å². The zero-order chi connectivity index (χ0) is 20.1. The fourth-order valence-electron chi connectivity index (χ4n) is 3.57. The fourth-order valence-corrected chi connectivity index (χ4v) is 3.81. The van der Waals surface area contributed by atoms with Crippen LogP contribution in [0.1, 0.15) is 36.0 Å². The molecule has 0 saturated carbocycles. The van der Waals surface area contributed by atoms with Gasteiger partial charge in [0.25, 0.3) is 5.56 Å². The number of aliphatic hydroxyl groups excluding tert-OH is 1. The van der Waals surface area contributed by atoms with Crippen LogP contribution < -0.4 is 10.9 Å². The smallest absolute Gasteiger partial charge is 0.253 e. The van der Waals surface area contributed by atoms with Crippen LogP contribution in [0.3, 0.4) is 0 Å². The molecule has 1 fully saturated rings. The summed E-state index contributed by atoms with van der Waals surface area (Å²) < 4.78 is 5.64. The summed E-state index contributed by atoms with van der Waals surface area (Å²) >= 11 is 5.57. The minimum atomic E-state index is -0.0999. The number of aromatic amines is 1. The Hall–Kier alpha value is -1.96. The van der Waals surface area contributed by atoms with Crippen molar-refractivity contribution < 1.29 is 9.84 Å². The molecule has 3 N–H and O–H groups in total. The van der Waals surface area contributed by atoms with Gasteiger partial charge in [0.05, 0.1) is 18.2 Å². The van der Waals surface area contributed by atoms with Gasteiger partial charge in [0.15, 0.2) is 5.11 Å². The van der Waals surface area contributed by atoms with Crippen LogP contribution in [0.15, 0.2) is 23.0 Å². The summed E-state index contributed by atoms with van der Waals surface area (Å²) in [5.74, 6) is 0. The Morgan fingerprint density at radius 3 is 2.89 bits per heavy atom. The molecular weight excluding hydrogens is 374 g/mol. The molecule has 0 bridgehead atoms. The molecule has 6 nitrogen and oxygen atoms in total. The van der Waals surface area contributed by atoms with Gasteiger partial charge in [-0.05, 0) is 62.5 Å². The Morgan fingerprint density at radius 1 is 1.39 bits per heavy atom. The minimum absolute atomic E-state index is 0.0806. The Kier molecular flexibility index (Phi) is 7.04. The lowest BCUT2D eigenvalue weighted by molar-refractivity contribution is 0.113. The van der Waals surface area contributed by atoms with E-state index in [0.717, 1.165) is 41.5 Å². The molecule has 152 valence electrons. The topological polar surface area (TPSA) is 77.6 Å². The summed E-state index contributed by atoms with van der Waals surface area (Å²) in [6, 6.07) is 6.05. The van der Waals surface area contributed by atoms with Crippen molar-refractivity contribution >= 4 is 28.2 Å². The standard InChI is InChI=1S/C21H29N3O3S/c1-14-6-7-15(2)19-18(14)11-16(20(26)23-19)13-24(8-4-9-25)21(28)22-12-17-5-3-10-27-17/h6-7,11,17,25H,3-5,8-10,12-13H2,1-2H3,(H,22,28)(H,23,26). The van der Waals surface area contributed by atoms with Gasteiger partial charge < -0.3 is 25.0 Å².